The van der Waals surface area contributed by atoms with Crippen molar-refractivity contribution in [1.29, 1.82) is 0 Å². The lowest BCUT2D eigenvalue weighted by Gasteiger charge is -2.63. The lowest BCUT2D eigenvalue weighted by molar-refractivity contribution is -0.0281. The average Bonchev–Trinajstić information content (AvgIpc) is 3.89. The molecule has 1 aliphatic heterocycles. The molecular weight excluding hydrogens is 894 g/mol. The monoisotopic (exact) mass is 965 g/mol. The Kier molecular flexibility index (Phi) is 11.1. The zero-order valence-electron chi connectivity index (χ0n) is 45.0. The van der Waals surface area contributed by atoms with Crippen LogP contribution in [0.4, 0.5) is 0 Å². The Bertz CT molecular complexity index is 3500. The highest BCUT2D eigenvalue weighted by Gasteiger charge is 2.59. The third-order valence-corrected chi connectivity index (χ3v) is 20.1. The molecule has 73 heavy (non-hydrogen) atoms. The van der Waals surface area contributed by atoms with E-state index in [1.807, 2.05) is 11.3 Å². The van der Waals surface area contributed by atoms with Gasteiger partial charge >= 0.3 is 0 Å². The Morgan fingerprint density at radius 2 is 0.959 bits per heavy atom. The number of aryl methyl sites for hydroxylation is 6. The predicted molar refractivity (Wildman–Crippen MR) is 320 cm³/mol. The molecule has 1 aromatic heterocycles. The summed E-state index contributed by atoms with van der Waals surface area (Å²) in [4.78, 5) is 0. The number of benzene rings is 8. The van der Waals surface area contributed by atoms with Crippen LogP contribution < -0.4 is 32.8 Å². The minimum atomic E-state index is 0.155. The highest BCUT2D eigenvalue weighted by Crippen LogP contribution is 2.66. The van der Waals surface area contributed by atoms with Crippen molar-refractivity contribution in [3.63, 3.8) is 0 Å². The first-order valence-electron chi connectivity index (χ1n) is 27.8. The Labute approximate surface area is 440 Å². The van der Waals surface area contributed by atoms with Gasteiger partial charge in [-0.25, -0.2) is 0 Å². The van der Waals surface area contributed by atoms with Crippen LogP contribution in [0.15, 0.2) is 146 Å². The normalized spacial score (nSPS) is 20.7. The van der Waals surface area contributed by atoms with Gasteiger partial charge in [-0.3, -0.25) is 0 Å². The maximum atomic E-state index is 2.75. The molecule has 0 saturated heterocycles. The van der Waals surface area contributed by atoms with Gasteiger partial charge in [0.2, 0.25) is 13.4 Å². The van der Waals surface area contributed by atoms with Crippen LogP contribution in [0.2, 0.25) is 0 Å². The Morgan fingerprint density at radius 3 is 1.48 bits per heavy atom. The van der Waals surface area contributed by atoms with Gasteiger partial charge in [-0.05, 0) is 183 Å². The molecule has 4 bridgehead atoms. The molecular formula is C70H70B2S. The van der Waals surface area contributed by atoms with Crippen LogP contribution in [-0.4, -0.2) is 13.4 Å². The van der Waals surface area contributed by atoms with Gasteiger partial charge < -0.3 is 0 Å². The molecule has 2 unspecified atom stereocenters. The molecule has 9 aromatic rings. The van der Waals surface area contributed by atoms with Gasteiger partial charge in [0.05, 0.1) is 0 Å². The summed E-state index contributed by atoms with van der Waals surface area (Å²) in [6.07, 6.45) is 8.05. The number of thiophene rings is 1. The zero-order valence-corrected chi connectivity index (χ0v) is 45.8. The zero-order chi connectivity index (χ0) is 50.2. The minimum absolute atomic E-state index is 0.155. The fraction of sp³-hybridized carbons (Fsp3) is 0.314. The second-order valence-electron chi connectivity index (χ2n) is 24.7. The van der Waals surface area contributed by atoms with E-state index in [-0.39, 0.29) is 24.3 Å². The van der Waals surface area contributed by atoms with E-state index in [9.17, 15) is 0 Å². The third kappa shape index (κ3) is 7.52. The van der Waals surface area contributed by atoms with E-state index in [0.29, 0.717) is 11.8 Å². The van der Waals surface area contributed by atoms with Crippen LogP contribution >= 0.6 is 11.3 Å². The van der Waals surface area contributed by atoms with Crippen molar-refractivity contribution in [1.82, 2.24) is 0 Å². The molecule has 0 radical (unpaired) electrons. The molecule has 4 aliphatic carbocycles. The standard InChI is InChI=1S/C70H70B2S/c1-41(2)58-33-54(34-59(42(3)4)68(58)72-62-17-13-11-15-56(62)57-16-12-14-18-63(57)72)70-38-49-31-50(39-70)37-69(36-49,40-70)53-22-19-51(20-23-53)52-21-25-64-60(32-52)61-35-55(24-26-65(61)73-64)71(66-45(7)27-43(5)28-46(66)8)67-47(9)29-44(6)30-48(67)10/h11-30,32-35,41-42,49-50H,31,36-40H2,1-10H3. The minimum Gasteiger partial charge on any atom is -0.135 e. The molecule has 3 heteroatoms. The second-order valence-corrected chi connectivity index (χ2v) is 25.8. The summed E-state index contributed by atoms with van der Waals surface area (Å²) in [6.45, 7) is 24.0. The quantitative estimate of drug-likeness (QED) is 0.126. The summed E-state index contributed by atoms with van der Waals surface area (Å²) < 4.78 is 2.72. The molecule has 5 aliphatic rings. The van der Waals surface area contributed by atoms with Crippen LogP contribution in [-0.2, 0) is 10.8 Å². The first kappa shape index (κ1) is 46.9. The fourth-order valence-corrected chi connectivity index (χ4v) is 17.7. The smallest absolute Gasteiger partial charge is 0.135 e. The summed E-state index contributed by atoms with van der Waals surface area (Å²) in [5.41, 5.74) is 29.3. The van der Waals surface area contributed by atoms with Gasteiger partial charge in [0, 0.05) is 14.8 Å². The van der Waals surface area contributed by atoms with E-state index in [2.05, 4.69) is 215 Å². The molecule has 4 fully saturated rings. The maximum absolute atomic E-state index is 2.75. The van der Waals surface area contributed by atoms with Gasteiger partial charge in [0.1, 0.15) is 0 Å². The first-order chi connectivity index (χ1) is 35.2. The van der Waals surface area contributed by atoms with Crippen molar-refractivity contribution in [3.8, 4) is 22.3 Å². The van der Waals surface area contributed by atoms with Crippen molar-refractivity contribution >= 4 is 77.7 Å². The molecule has 0 nitrogen and oxygen atoms in total. The van der Waals surface area contributed by atoms with E-state index in [1.165, 1.54) is 142 Å². The van der Waals surface area contributed by atoms with Crippen LogP contribution in [0.25, 0.3) is 42.4 Å². The lowest BCUT2D eigenvalue weighted by Crippen LogP contribution is -2.56. The molecule has 0 amide bonds. The van der Waals surface area contributed by atoms with Crippen LogP contribution in [0, 0.1) is 53.4 Å². The maximum Gasteiger partial charge on any atom is 0.243 e. The molecule has 8 aromatic carbocycles. The van der Waals surface area contributed by atoms with Crippen molar-refractivity contribution in [3.05, 3.63) is 201 Å². The third-order valence-electron chi connectivity index (χ3n) is 19.0. The van der Waals surface area contributed by atoms with E-state index < -0.39 is 0 Å². The lowest BCUT2D eigenvalue weighted by atomic mass is 9.34. The molecule has 362 valence electrons. The fourth-order valence-electron chi connectivity index (χ4n) is 16.6. The summed E-state index contributed by atoms with van der Waals surface area (Å²) in [6, 6.07) is 58.2. The van der Waals surface area contributed by atoms with Crippen LogP contribution in [0.1, 0.15) is 134 Å². The largest absolute Gasteiger partial charge is 0.243 e. The Hall–Kier alpha value is -5.89. The number of rotatable bonds is 9. The van der Waals surface area contributed by atoms with Gasteiger partial charge in [0.15, 0.2) is 0 Å². The van der Waals surface area contributed by atoms with Gasteiger partial charge in [0.25, 0.3) is 0 Å². The average molecular weight is 965 g/mol. The highest BCUT2D eigenvalue weighted by molar-refractivity contribution is 7.25. The van der Waals surface area contributed by atoms with E-state index in [0.717, 1.165) is 11.8 Å². The van der Waals surface area contributed by atoms with Crippen LogP contribution in [0.3, 0.4) is 0 Å². The van der Waals surface area contributed by atoms with Gasteiger partial charge in [-0.1, -0.05) is 221 Å². The predicted octanol–water partition coefficient (Wildman–Crippen LogP) is 14.6. The molecule has 14 rings (SSSR count). The summed E-state index contributed by atoms with van der Waals surface area (Å²) in [5.74, 6) is 2.45. The number of hydrogen-bond donors (Lipinski definition) is 0. The highest BCUT2D eigenvalue weighted by atomic mass is 32.1. The Morgan fingerprint density at radius 1 is 0.493 bits per heavy atom. The molecule has 4 saturated carbocycles. The Balaban J connectivity index is 0.860. The van der Waals surface area contributed by atoms with Crippen molar-refractivity contribution < 1.29 is 0 Å². The molecule has 2 atom stereocenters. The summed E-state index contributed by atoms with van der Waals surface area (Å²) >= 11 is 1.93. The topological polar surface area (TPSA) is 0 Å². The van der Waals surface area contributed by atoms with Gasteiger partial charge in [-0.15, -0.1) is 11.3 Å². The first-order valence-corrected chi connectivity index (χ1v) is 28.6. The second kappa shape index (κ2) is 17.3. The van der Waals surface area contributed by atoms with Crippen LogP contribution in [0.5, 0.6) is 0 Å². The van der Waals surface area contributed by atoms with E-state index >= 15 is 0 Å². The molecule has 2 heterocycles. The van der Waals surface area contributed by atoms with Crippen molar-refractivity contribution in [2.75, 3.05) is 0 Å². The van der Waals surface area contributed by atoms with Crippen molar-refractivity contribution in [2.24, 2.45) is 11.8 Å². The molecule has 0 N–H and O–H groups in total. The number of fused-ring (bicyclic) bond motifs is 6. The van der Waals surface area contributed by atoms with Gasteiger partial charge in [-0.2, -0.15) is 0 Å². The summed E-state index contributed by atoms with van der Waals surface area (Å²) in [5, 5.41) is 2.74. The SMILES string of the molecule is Cc1cc(C)c(B(c2ccc3sc4ccc(-c5ccc(C67CC8CC(C6)CC(c6cc(C(C)C)c(B9c%10ccccc%10-c%10ccccc%109)c(C(C)C)c6)(C8)C7)cc5)cc4c3c2)c2c(C)cc(C)cc2C)c(C)c1. The summed E-state index contributed by atoms with van der Waals surface area (Å²) in [7, 11) is 0. The van der Waals surface area contributed by atoms with Crippen molar-refractivity contribution in [2.45, 2.75) is 130 Å². The molecule has 0 spiro atoms. The number of hydrogen-bond acceptors (Lipinski definition) is 1. The van der Waals surface area contributed by atoms with E-state index in [1.54, 1.807) is 27.7 Å². The van der Waals surface area contributed by atoms with E-state index in [4.69, 9.17) is 0 Å².